The summed E-state index contributed by atoms with van der Waals surface area (Å²) in [5.74, 6) is 0. The second-order valence-corrected chi connectivity index (χ2v) is 6.60. The molecule has 1 aromatic carbocycles. The Morgan fingerprint density at radius 3 is 2.52 bits per heavy atom. The van der Waals surface area contributed by atoms with Gasteiger partial charge in [-0.2, -0.15) is 5.26 Å². The summed E-state index contributed by atoms with van der Waals surface area (Å²) in [6, 6.07) is 9.57. The van der Waals surface area contributed by atoms with Crippen LogP contribution >= 0.6 is 0 Å². The van der Waals surface area contributed by atoms with Crippen molar-refractivity contribution in [3.63, 3.8) is 0 Å². The number of hydrogen-bond acceptors (Lipinski definition) is 4. The molecule has 6 heteroatoms. The third kappa shape index (κ3) is 2.62. The summed E-state index contributed by atoms with van der Waals surface area (Å²) in [5, 5.41) is 8.94. The molecular formula is C19H19N5O. The Morgan fingerprint density at radius 2 is 1.84 bits per heavy atom. The molecule has 0 atom stereocenters. The van der Waals surface area contributed by atoms with E-state index >= 15 is 0 Å². The standard InChI is InChI=1S/C19H19N5O/c1-23-17-18(24(19(23)25)15-5-3-2-4-6-15)22-16(12-21-17)14-9-7-13(11-20)8-10-14/h7-10,12,15H,2-6H2,1H3. The number of nitriles is 1. The third-order valence-electron chi connectivity index (χ3n) is 5.02. The maximum Gasteiger partial charge on any atom is 0.331 e. The fourth-order valence-corrected chi connectivity index (χ4v) is 3.64. The largest absolute Gasteiger partial charge is 0.331 e. The van der Waals surface area contributed by atoms with Crippen LogP contribution in [-0.4, -0.2) is 19.1 Å². The number of fused-ring (bicyclic) bond motifs is 1. The van der Waals surface area contributed by atoms with Crippen molar-refractivity contribution in [3.05, 3.63) is 46.5 Å². The molecule has 0 radical (unpaired) electrons. The molecule has 0 bridgehead atoms. The predicted octanol–water partition coefficient (Wildman–Crippen LogP) is 3.17. The molecule has 0 unspecified atom stereocenters. The highest BCUT2D eigenvalue weighted by molar-refractivity contribution is 5.71. The highest BCUT2D eigenvalue weighted by Gasteiger charge is 2.23. The molecule has 2 aromatic heterocycles. The zero-order valence-electron chi connectivity index (χ0n) is 14.1. The highest BCUT2D eigenvalue weighted by atomic mass is 16.1. The minimum absolute atomic E-state index is 0.0427. The molecule has 6 nitrogen and oxygen atoms in total. The topological polar surface area (TPSA) is 76.5 Å². The number of nitrogens with zero attached hydrogens (tertiary/aromatic N) is 5. The average Bonchev–Trinajstić information content (AvgIpc) is 2.92. The summed E-state index contributed by atoms with van der Waals surface area (Å²) in [6.45, 7) is 0. The van der Waals surface area contributed by atoms with Gasteiger partial charge >= 0.3 is 5.69 Å². The molecule has 0 N–H and O–H groups in total. The molecule has 3 aromatic rings. The van der Waals surface area contributed by atoms with E-state index in [1.54, 1.807) is 29.9 Å². The van der Waals surface area contributed by atoms with Gasteiger partial charge in [0.2, 0.25) is 0 Å². The smallest absolute Gasteiger partial charge is 0.278 e. The van der Waals surface area contributed by atoms with Crippen LogP contribution in [0.4, 0.5) is 0 Å². The van der Waals surface area contributed by atoms with E-state index in [0.29, 0.717) is 22.6 Å². The quantitative estimate of drug-likeness (QED) is 0.722. The van der Waals surface area contributed by atoms with Crippen LogP contribution in [0.15, 0.2) is 35.3 Å². The first-order valence-electron chi connectivity index (χ1n) is 8.63. The van der Waals surface area contributed by atoms with Crippen molar-refractivity contribution in [2.75, 3.05) is 0 Å². The molecule has 0 aliphatic heterocycles. The third-order valence-corrected chi connectivity index (χ3v) is 5.02. The van der Waals surface area contributed by atoms with Gasteiger partial charge in [-0.25, -0.2) is 14.8 Å². The van der Waals surface area contributed by atoms with E-state index in [-0.39, 0.29) is 11.7 Å². The van der Waals surface area contributed by atoms with Gasteiger partial charge in [-0.3, -0.25) is 9.13 Å². The van der Waals surface area contributed by atoms with Crippen LogP contribution < -0.4 is 5.69 Å². The zero-order valence-corrected chi connectivity index (χ0v) is 14.1. The fraction of sp³-hybridized carbons (Fsp3) is 0.368. The molecule has 0 saturated heterocycles. The van der Waals surface area contributed by atoms with Crippen molar-refractivity contribution in [2.45, 2.75) is 38.1 Å². The molecule has 4 rings (SSSR count). The molecular weight excluding hydrogens is 314 g/mol. The Labute approximate surface area is 145 Å². The summed E-state index contributed by atoms with van der Waals surface area (Å²) in [4.78, 5) is 22.0. The number of benzene rings is 1. The van der Waals surface area contributed by atoms with Crippen LogP contribution in [0.2, 0.25) is 0 Å². The van der Waals surface area contributed by atoms with Crippen molar-refractivity contribution in [1.82, 2.24) is 19.1 Å². The van der Waals surface area contributed by atoms with E-state index in [0.717, 1.165) is 31.2 Å². The number of hydrogen-bond donors (Lipinski definition) is 0. The van der Waals surface area contributed by atoms with E-state index < -0.39 is 0 Å². The first-order valence-corrected chi connectivity index (χ1v) is 8.63. The van der Waals surface area contributed by atoms with Crippen LogP contribution in [0.3, 0.4) is 0 Å². The van der Waals surface area contributed by atoms with Crippen molar-refractivity contribution in [1.29, 1.82) is 5.26 Å². The summed E-state index contributed by atoms with van der Waals surface area (Å²) >= 11 is 0. The van der Waals surface area contributed by atoms with Crippen molar-refractivity contribution in [2.24, 2.45) is 7.05 Å². The van der Waals surface area contributed by atoms with Gasteiger partial charge in [-0.1, -0.05) is 31.4 Å². The predicted molar refractivity (Wildman–Crippen MR) is 95.0 cm³/mol. The van der Waals surface area contributed by atoms with Crippen molar-refractivity contribution in [3.8, 4) is 17.3 Å². The maximum absolute atomic E-state index is 12.7. The van der Waals surface area contributed by atoms with Crippen LogP contribution in [0.5, 0.6) is 0 Å². The maximum atomic E-state index is 12.7. The van der Waals surface area contributed by atoms with Gasteiger partial charge in [0.25, 0.3) is 0 Å². The summed E-state index contributed by atoms with van der Waals surface area (Å²) in [5.41, 5.74) is 3.44. The molecule has 1 saturated carbocycles. The first-order chi connectivity index (χ1) is 12.2. The second-order valence-electron chi connectivity index (χ2n) is 6.60. The molecule has 1 aliphatic rings. The average molecular weight is 333 g/mol. The van der Waals surface area contributed by atoms with Crippen LogP contribution in [-0.2, 0) is 7.05 Å². The van der Waals surface area contributed by atoms with Crippen molar-refractivity contribution < 1.29 is 0 Å². The Kier molecular flexibility index (Phi) is 3.85. The molecule has 0 spiro atoms. The molecule has 1 aliphatic carbocycles. The minimum Gasteiger partial charge on any atom is -0.278 e. The van der Waals surface area contributed by atoms with E-state index in [9.17, 15) is 4.79 Å². The molecule has 126 valence electrons. The summed E-state index contributed by atoms with van der Waals surface area (Å²) in [6.07, 6.45) is 7.25. The Balaban J connectivity index is 1.86. The van der Waals surface area contributed by atoms with E-state index in [2.05, 4.69) is 11.1 Å². The normalized spacial score (nSPS) is 15.4. The monoisotopic (exact) mass is 333 g/mol. The Bertz CT molecular complexity index is 1020. The van der Waals surface area contributed by atoms with Gasteiger partial charge in [-0.15, -0.1) is 0 Å². The number of aromatic nitrogens is 4. The van der Waals surface area contributed by atoms with Crippen LogP contribution in [0, 0.1) is 11.3 Å². The summed E-state index contributed by atoms with van der Waals surface area (Å²) in [7, 11) is 1.75. The SMILES string of the molecule is Cn1c(=O)n(C2CCCCC2)c2nc(-c3ccc(C#N)cc3)cnc21. The van der Waals surface area contributed by atoms with Gasteiger partial charge in [0.15, 0.2) is 11.3 Å². The highest BCUT2D eigenvalue weighted by Crippen LogP contribution is 2.29. The van der Waals surface area contributed by atoms with E-state index in [1.165, 1.54) is 6.42 Å². The van der Waals surface area contributed by atoms with Gasteiger partial charge in [0.05, 0.1) is 23.5 Å². The number of aryl methyl sites for hydroxylation is 1. The second kappa shape index (κ2) is 6.17. The lowest BCUT2D eigenvalue weighted by Gasteiger charge is -2.22. The fourth-order valence-electron chi connectivity index (χ4n) is 3.64. The Hall–Kier alpha value is -2.94. The van der Waals surface area contributed by atoms with Crippen LogP contribution in [0.25, 0.3) is 22.6 Å². The molecule has 2 heterocycles. The zero-order chi connectivity index (χ0) is 17.4. The number of rotatable bonds is 2. The minimum atomic E-state index is -0.0427. The van der Waals surface area contributed by atoms with Gasteiger partial charge in [0.1, 0.15) is 0 Å². The van der Waals surface area contributed by atoms with Gasteiger partial charge in [-0.05, 0) is 25.0 Å². The van der Waals surface area contributed by atoms with E-state index in [4.69, 9.17) is 10.2 Å². The first kappa shape index (κ1) is 15.6. The lowest BCUT2D eigenvalue weighted by molar-refractivity contribution is 0.350. The lowest BCUT2D eigenvalue weighted by Crippen LogP contribution is -2.27. The van der Waals surface area contributed by atoms with Crippen LogP contribution in [0.1, 0.15) is 43.7 Å². The molecule has 25 heavy (non-hydrogen) atoms. The summed E-state index contributed by atoms with van der Waals surface area (Å²) < 4.78 is 3.41. The van der Waals surface area contributed by atoms with Gasteiger partial charge in [0, 0.05) is 18.7 Å². The molecule has 0 amide bonds. The van der Waals surface area contributed by atoms with Gasteiger partial charge < -0.3 is 0 Å². The van der Waals surface area contributed by atoms with E-state index in [1.807, 2.05) is 16.7 Å². The van der Waals surface area contributed by atoms with Crippen molar-refractivity contribution >= 4 is 11.3 Å². The molecule has 1 fully saturated rings. The Morgan fingerprint density at radius 1 is 1.12 bits per heavy atom. The lowest BCUT2D eigenvalue weighted by atomic mass is 9.95. The number of imidazole rings is 1.